The van der Waals surface area contributed by atoms with Gasteiger partial charge in [0.15, 0.2) is 0 Å². The quantitative estimate of drug-likeness (QED) is 0.856. The van der Waals surface area contributed by atoms with Gasteiger partial charge in [0.25, 0.3) is 0 Å². The summed E-state index contributed by atoms with van der Waals surface area (Å²) in [5, 5.41) is 5.79. The molecule has 1 heterocycles. The van der Waals surface area contributed by atoms with Crippen molar-refractivity contribution in [3.05, 3.63) is 66.0 Å². The highest BCUT2D eigenvalue weighted by Crippen LogP contribution is 2.04. The molecule has 2 aromatic rings. The Hall–Kier alpha value is -2.36. The molecule has 2 amide bonds. The van der Waals surface area contributed by atoms with Crippen LogP contribution in [-0.2, 0) is 13.0 Å². The number of amides is 2. The van der Waals surface area contributed by atoms with Crippen LogP contribution in [0.1, 0.15) is 24.5 Å². The molecule has 2 N–H and O–H groups in total. The van der Waals surface area contributed by atoms with E-state index in [9.17, 15) is 4.79 Å². The van der Waals surface area contributed by atoms with Crippen molar-refractivity contribution >= 4 is 6.03 Å². The first-order valence-electron chi connectivity index (χ1n) is 7.21. The maximum Gasteiger partial charge on any atom is 0.315 e. The minimum Gasteiger partial charge on any atom is -0.336 e. The molecule has 0 bridgehead atoms. The normalized spacial score (nSPS) is 11.7. The van der Waals surface area contributed by atoms with Crippen LogP contribution < -0.4 is 10.6 Å². The zero-order chi connectivity index (χ0) is 14.9. The van der Waals surface area contributed by atoms with E-state index in [-0.39, 0.29) is 12.1 Å². The molecule has 0 radical (unpaired) electrons. The number of urea groups is 1. The zero-order valence-electron chi connectivity index (χ0n) is 12.3. The topological polar surface area (TPSA) is 54.0 Å². The van der Waals surface area contributed by atoms with Gasteiger partial charge in [-0.2, -0.15) is 0 Å². The van der Waals surface area contributed by atoms with Gasteiger partial charge >= 0.3 is 6.03 Å². The number of nitrogens with one attached hydrogen (secondary N) is 2. The van der Waals surface area contributed by atoms with Crippen LogP contribution in [0.5, 0.6) is 0 Å². The number of rotatable bonds is 6. The van der Waals surface area contributed by atoms with Crippen molar-refractivity contribution in [3.8, 4) is 0 Å². The van der Waals surface area contributed by atoms with Crippen molar-refractivity contribution in [1.82, 2.24) is 15.6 Å². The number of hydrogen-bond donors (Lipinski definition) is 2. The second-order valence-corrected chi connectivity index (χ2v) is 5.11. The molecule has 0 aliphatic heterocycles. The van der Waals surface area contributed by atoms with E-state index in [0.29, 0.717) is 6.54 Å². The summed E-state index contributed by atoms with van der Waals surface area (Å²) in [7, 11) is 0. The molecule has 4 heteroatoms. The molecular weight excluding hydrogens is 262 g/mol. The molecule has 0 saturated carbocycles. The van der Waals surface area contributed by atoms with E-state index in [0.717, 1.165) is 18.4 Å². The van der Waals surface area contributed by atoms with Crippen molar-refractivity contribution in [2.45, 2.75) is 32.4 Å². The van der Waals surface area contributed by atoms with Crippen molar-refractivity contribution in [2.24, 2.45) is 0 Å². The summed E-state index contributed by atoms with van der Waals surface area (Å²) in [6, 6.07) is 14.1. The zero-order valence-corrected chi connectivity index (χ0v) is 12.3. The third-order valence-electron chi connectivity index (χ3n) is 3.26. The molecule has 2 rings (SSSR count). The van der Waals surface area contributed by atoms with Gasteiger partial charge in [0.2, 0.25) is 0 Å². The number of pyridine rings is 1. The molecule has 1 aromatic heterocycles. The van der Waals surface area contributed by atoms with Crippen LogP contribution in [0.4, 0.5) is 4.79 Å². The molecule has 4 nitrogen and oxygen atoms in total. The molecular formula is C17H21N3O. The van der Waals surface area contributed by atoms with E-state index in [2.05, 4.69) is 27.8 Å². The molecule has 0 fully saturated rings. The number of nitrogens with zero attached hydrogens (tertiary/aromatic N) is 1. The summed E-state index contributed by atoms with van der Waals surface area (Å²) in [6.07, 6.45) is 5.35. The lowest BCUT2D eigenvalue weighted by Gasteiger charge is -2.14. The molecule has 1 atom stereocenters. The van der Waals surface area contributed by atoms with Crippen molar-refractivity contribution in [2.75, 3.05) is 0 Å². The van der Waals surface area contributed by atoms with Crippen LogP contribution in [0, 0.1) is 0 Å². The summed E-state index contributed by atoms with van der Waals surface area (Å²) < 4.78 is 0. The predicted molar refractivity (Wildman–Crippen MR) is 83.8 cm³/mol. The van der Waals surface area contributed by atoms with Crippen molar-refractivity contribution in [1.29, 1.82) is 0 Å². The molecule has 0 unspecified atom stereocenters. The Morgan fingerprint density at radius 1 is 1.14 bits per heavy atom. The number of carbonyl (C=O) groups is 1. The summed E-state index contributed by atoms with van der Waals surface area (Å²) >= 11 is 0. The minimum atomic E-state index is -0.139. The Morgan fingerprint density at radius 3 is 2.62 bits per heavy atom. The number of benzene rings is 1. The Morgan fingerprint density at radius 2 is 1.90 bits per heavy atom. The Balaban J connectivity index is 1.67. The van der Waals surface area contributed by atoms with Crippen molar-refractivity contribution in [3.63, 3.8) is 0 Å². The van der Waals surface area contributed by atoms with E-state index in [1.54, 1.807) is 12.4 Å². The van der Waals surface area contributed by atoms with E-state index >= 15 is 0 Å². The van der Waals surface area contributed by atoms with Gasteiger partial charge in [0.05, 0.1) is 0 Å². The Bertz CT molecular complexity index is 542. The smallest absolute Gasteiger partial charge is 0.315 e. The van der Waals surface area contributed by atoms with Gasteiger partial charge in [0.1, 0.15) is 0 Å². The maximum absolute atomic E-state index is 11.8. The van der Waals surface area contributed by atoms with Crippen molar-refractivity contribution < 1.29 is 4.79 Å². The number of aryl methyl sites for hydroxylation is 1. The first-order chi connectivity index (χ1) is 10.2. The summed E-state index contributed by atoms with van der Waals surface area (Å²) in [6.45, 7) is 2.51. The molecule has 110 valence electrons. The highest BCUT2D eigenvalue weighted by molar-refractivity contribution is 5.74. The second-order valence-electron chi connectivity index (χ2n) is 5.11. The predicted octanol–water partition coefficient (Wildman–Crippen LogP) is 2.90. The van der Waals surface area contributed by atoms with Gasteiger partial charge in [0, 0.05) is 25.0 Å². The molecule has 0 aliphatic carbocycles. The van der Waals surface area contributed by atoms with E-state index < -0.39 is 0 Å². The summed E-state index contributed by atoms with van der Waals surface area (Å²) in [5.74, 6) is 0. The standard InChI is InChI=1S/C17H21N3O/c1-14(9-10-15-6-3-2-4-7-15)20-17(21)19-13-16-8-5-11-18-12-16/h2-8,11-12,14H,9-10,13H2,1H3,(H2,19,20,21)/t14-/m0/s1. The second kappa shape index (κ2) is 8.04. The molecule has 0 saturated heterocycles. The van der Waals surface area contributed by atoms with Gasteiger partial charge < -0.3 is 10.6 Å². The minimum absolute atomic E-state index is 0.138. The number of carbonyl (C=O) groups excluding carboxylic acids is 1. The molecule has 0 spiro atoms. The van der Waals surface area contributed by atoms with Gasteiger partial charge in [-0.25, -0.2) is 4.79 Å². The van der Waals surface area contributed by atoms with E-state index in [1.165, 1.54) is 5.56 Å². The fourth-order valence-electron chi connectivity index (χ4n) is 2.06. The monoisotopic (exact) mass is 283 g/mol. The number of aromatic nitrogens is 1. The SMILES string of the molecule is C[C@@H](CCc1ccccc1)NC(=O)NCc1cccnc1. The average molecular weight is 283 g/mol. The van der Waals surface area contributed by atoms with Gasteiger partial charge in [-0.1, -0.05) is 36.4 Å². The van der Waals surface area contributed by atoms with Crippen LogP contribution in [-0.4, -0.2) is 17.1 Å². The fourth-order valence-corrected chi connectivity index (χ4v) is 2.06. The fraction of sp³-hybridized carbons (Fsp3) is 0.294. The number of hydrogen-bond acceptors (Lipinski definition) is 2. The lowest BCUT2D eigenvalue weighted by molar-refractivity contribution is 0.237. The Labute approximate surface area is 125 Å². The van der Waals surface area contributed by atoms with E-state index in [4.69, 9.17) is 0 Å². The Kier molecular flexibility index (Phi) is 5.76. The first-order valence-corrected chi connectivity index (χ1v) is 7.21. The third-order valence-corrected chi connectivity index (χ3v) is 3.26. The maximum atomic E-state index is 11.8. The lowest BCUT2D eigenvalue weighted by atomic mass is 10.1. The van der Waals surface area contributed by atoms with Gasteiger partial charge in [-0.05, 0) is 37.0 Å². The molecule has 21 heavy (non-hydrogen) atoms. The van der Waals surface area contributed by atoms with Crippen LogP contribution in [0.15, 0.2) is 54.9 Å². The third kappa shape index (κ3) is 5.65. The average Bonchev–Trinajstić information content (AvgIpc) is 2.53. The highest BCUT2D eigenvalue weighted by atomic mass is 16.2. The van der Waals surface area contributed by atoms with Crippen LogP contribution in [0.2, 0.25) is 0 Å². The van der Waals surface area contributed by atoms with Crippen LogP contribution in [0.3, 0.4) is 0 Å². The van der Waals surface area contributed by atoms with Crippen LogP contribution in [0.25, 0.3) is 0 Å². The summed E-state index contributed by atoms with van der Waals surface area (Å²) in [4.78, 5) is 15.8. The van der Waals surface area contributed by atoms with E-state index in [1.807, 2.05) is 37.3 Å². The van der Waals surface area contributed by atoms with Gasteiger partial charge in [-0.15, -0.1) is 0 Å². The first kappa shape index (κ1) is 15.0. The molecule has 0 aliphatic rings. The lowest BCUT2D eigenvalue weighted by Crippen LogP contribution is -2.40. The molecule has 1 aromatic carbocycles. The van der Waals surface area contributed by atoms with Gasteiger partial charge in [-0.3, -0.25) is 4.98 Å². The highest BCUT2D eigenvalue weighted by Gasteiger charge is 2.07. The summed E-state index contributed by atoms with van der Waals surface area (Å²) in [5.41, 5.74) is 2.28. The van der Waals surface area contributed by atoms with Crippen LogP contribution >= 0.6 is 0 Å². The largest absolute Gasteiger partial charge is 0.336 e.